The molecule has 0 bridgehead atoms. The lowest BCUT2D eigenvalue weighted by Crippen LogP contribution is -2.27. The van der Waals surface area contributed by atoms with Gasteiger partial charge in [-0.25, -0.2) is 0 Å². The average molecular weight is 188 g/mol. The van der Waals surface area contributed by atoms with Crippen LogP contribution in [0.1, 0.15) is 26.2 Å². The van der Waals surface area contributed by atoms with E-state index >= 15 is 0 Å². The van der Waals surface area contributed by atoms with Gasteiger partial charge in [-0.3, -0.25) is 4.79 Å². The molecule has 0 spiro atoms. The Kier molecular flexibility index (Phi) is 7.63. The van der Waals surface area contributed by atoms with E-state index in [1.54, 1.807) is 6.92 Å². The number of amides is 1. The van der Waals surface area contributed by atoms with Crippen molar-refractivity contribution in [3.05, 3.63) is 0 Å². The van der Waals surface area contributed by atoms with Crippen LogP contribution in [0.15, 0.2) is 0 Å². The summed E-state index contributed by atoms with van der Waals surface area (Å²) in [4.78, 5) is 11.0. The molecule has 1 unspecified atom stereocenters. The average Bonchev–Trinajstić information content (AvgIpc) is 2.08. The number of aliphatic hydroxyl groups is 1. The molecule has 0 rings (SSSR count). The molecule has 0 radical (unpaired) electrons. The highest BCUT2D eigenvalue weighted by atomic mass is 16.3. The number of hydrogen-bond acceptors (Lipinski definition) is 3. The lowest BCUT2D eigenvalue weighted by molar-refractivity contribution is -0.121. The molecular formula is C9H20N2O2. The number of aliphatic hydroxyl groups excluding tert-OH is 1. The van der Waals surface area contributed by atoms with Crippen LogP contribution in [0, 0.1) is 0 Å². The van der Waals surface area contributed by atoms with Crippen LogP contribution in [-0.4, -0.2) is 37.3 Å². The van der Waals surface area contributed by atoms with Crippen LogP contribution in [0.3, 0.4) is 0 Å². The topological polar surface area (TPSA) is 61.4 Å². The Balaban J connectivity index is 3.17. The molecule has 0 heterocycles. The lowest BCUT2D eigenvalue weighted by atomic mass is 10.2. The van der Waals surface area contributed by atoms with Gasteiger partial charge in [0.25, 0.3) is 0 Å². The highest BCUT2D eigenvalue weighted by Crippen LogP contribution is 1.93. The van der Waals surface area contributed by atoms with Crippen LogP contribution in [0.2, 0.25) is 0 Å². The summed E-state index contributed by atoms with van der Waals surface area (Å²) in [5.41, 5.74) is 0. The summed E-state index contributed by atoms with van der Waals surface area (Å²) in [7, 11) is 1.82. The molecule has 13 heavy (non-hydrogen) atoms. The first-order valence-electron chi connectivity index (χ1n) is 4.76. The molecule has 0 aliphatic heterocycles. The normalized spacial score (nSPS) is 12.5. The van der Waals surface area contributed by atoms with Crippen LogP contribution in [-0.2, 0) is 4.79 Å². The fourth-order valence-electron chi connectivity index (χ4n) is 0.952. The van der Waals surface area contributed by atoms with Crippen molar-refractivity contribution in [3.8, 4) is 0 Å². The van der Waals surface area contributed by atoms with Gasteiger partial charge in [-0.2, -0.15) is 0 Å². The lowest BCUT2D eigenvalue weighted by Gasteiger charge is -2.05. The maximum Gasteiger partial charge on any atom is 0.221 e. The van der Waals surface area contributed by atoms with Crippen LogP contribution in [0.5, 0.6) is 0 Å². The summed E-state index contributed by atoms with van der Waals surface area (Å²) < 4.78 is 0. The molecule has 0 saturated carbocycles. The van der Waals surface area contributed by atoms with E-state index in [2.05, 4.69) is 10.6 Å². The van der Waals surface area contributed by atoms with Crippen LogP contribution in [0.25, 0.3) is 0 Å². The van der Waals surface area contributed by atoms with E-state index in [9.17, 15) is 4.79 Å². The molecule has 1 atom stereocenters. The van der Waals surface area contributed by atoms with Gasteiger partial charge in [0.15, 0.2) is 0 Å². The molecule has 0 aliphatic rings. The van der Waals surface area contributed by atoms with Gasteiger partial charge in [-0.15, -0.1) is 0 Å². The highest BCUT2D eigenvalue weighted by molar-refractivity contribution is 5.75. The number of carbonyl (C=O) groups is 1. The molecular weight excluding hydrogens is 168 g/mol. The van der Waals surface area contributed by atoms with Crippen molar-refractivity contribution in [2.45, 2.75) is 32.3 Å². The van der Waals surface area contributed by atoms with E-state index in [1.165, 1.54) is 0 Å². The van der Waals surface area contributed by atoms with Crippen molar-refractivity contribution < 1.29 is 9.90 Å². The van der Waals surface area contributed by atoms with Crippen molar-refractivity contribution >= 4 is 5.91 Å². The van der Waals surface area contributed by atoms with Gasteiger partial charge in [-0.1, -0.05) is 0 Å². The molecule has 1 amide bonds. The van der Waals surface area contributed by atoms with Gasteiger partial charge in [0.1, 0.15) is 0 Å². The monoisotopic (exact) mass is 188 g/mol. The molecule has 0 aromatic rings. The number of carbonyl (C=O) groups excluding carboxylic acids is 1. The van der Waals surface area contributed by atoms with Crippen molar-refractivity contribution in [3.63, 3.8) is 0 Å². The second-order valence-electron chi connectivity index (χ2n) is 3.19. The van der Waals surface area contributed by atoms with Gasteiger partial charge in [-0.05, 0) is 26.8 Å². The fraction of sp³-hybridized carbons (Fsp3) is 0.889. The number of rotatable bonds is 7. The van der Waals surface area contributed by atoms with E-state index in [4.69, 9.17) is 5.11 Å². The third-order valence-electron chi connectivity index (χ3n) is 1.72. The van der Waals surface area contributed by atoms with Gasteiger partial charge in [0.2, 0.25) is 5.91 Å². The molecule has 3 N–H and O–H groups in total. The first kappa shape index (κ1) is 12.4. The third kappa shape index (κ3) is 9.30. The minimum Gasteiger partial charge on any atom is -0.393 e. The van der Waals surface area contributed by atoms with Gasteiger partial charge >= 0.3 is 0 Å². The van der Waals surface area contributed by atoms with Gasteiger partial charge in [0, 0.05) is 19.5 Å². The minimum absolute atomic E-state index is 0.0694. The zero-order valence-corrected chi connectivity index (χ0v) is 8.47. The van der Waals surface area contributed by atoms with E-state index < -0.39 is 0 Å². The quantitative estimate of drug-likeness (QED) is 0.488. The molecule has 4 heteroatoms. The zero-order valence-electron chi connectivity index (χ0n) is 8.47. The first-order chi connectivity index (χ1) is 6.16. The Morgan fingerprint density at radius 3 is 2.69 bits per heavy atom. The number of nitrogens with one attached hydrogen (secondary N) is 2. The Bertz CT molecular complexity index is 138. The molecule has 0 saturated heterocycles. The van der Waals surface area contributed by atoms with Crippen molar-refractivity contribution in [2.24, 2.45) is 0 Å². The molecule has 0 aromatic heterocycles. The third-order valence-corrected chi connectivity index (χ3v) is 1.72. The summed E-state index contributed by atoms with van der Waals surface area (Å²) in [6, 6.07) is 0. The molecule has 78 valence electrons. The van der Waals surface area contributed by atoms with Crippen molar-refractivity contribution in [1.29, 1.82) is 0 Å². The largest absolute Gasteiger partial charge is 0.393 e. The number of hydrogen-bond donors (Lipinski definition) is 3. The van der Waals surface area contributed by atoms with E-state index in [1.807, 2.05) is 7.05 Å². The van der Waals surface area contributed by atoms with E-state index in [0.29, 0.717) is 19.5 Å². The summed E-state index contributed by atoms with van der Waals surface area (Å²) in [6.45, 7) is 3.12. The highest BCUT2D eigenvalue weighted by Gasteiger charge is 1.99. The van der Waals surface area contributed by atoms with Crippen LogP contribution in [0.4, 0.5) is 0 Å². The van der Waals surface area contributed by atoms with Crippen LogP contribution < -0.4 is 10.6 Å². The maximum absolute atomic E-state index is 11.0. The summed E-state index contributed by atoms with van der Waals surface area (Å²) in [5.74, 6) is 0.0694. The fourth-order valence-corrected chi connectivity index (χ4v) is 0.952. The summed E-state index contributed by atoms with van der Waals surface area (Å²) >= 11 is 0. The second kappa shape index (κ2) is 8.01. The van der Waals surface area contributed by atoms with Crippen molar-refractivity contribution in [1.82, 2.24) is 10.6 Å². The molecule has 0 aromatic carbocycles. The van der Waals surface area contributed by atoms with E-state index in [-0.39, 0.29) is 12.0 Å². The Morgan fingerprint density at radius 2 is 2.15 bits per heavy atom. The van der Waals surface area contributed by atoms with Gasteiger partial charge < -0.3 is 15.7 Å². The predicted octanol–water partition coefficient (Wildman–Crippen LogP) is -0.127. The SMILES string of the molecule is CNCCC(=O)NCCCC(C)O. The Labute approximate surface area is 79.7 Å². The van der Waals surface area contributed by atoms with Gasteiger partial charge in [0.05, 0.1) is 6.10 Å². The van der Waals surface area contributed by atoms with Crippen LogP contribution >= 0.6 is 0 Å². The smallest absolute Gasteiger partial charge is 0.221 e. The minimum atomic E-state index is -0.269. The molecule has 0 aliphatic carbocycles. The van der Waals surface area contributed by atoms with Crippen molar-refractivity contribution in [2.75, 3.05) is 20.1 Å². The Hall–Kier alpha value is -0.610. The predicted molar refractivity (Wildman–Crippen MR) is 52.5 cm³/mol. The molecule has 4 nitrogen and oxygen atoms in total. The standard InChI is InChI=1S/C9H20N2O2/c1-8(12)4-3-6-11-9(13)5-7-10-2/h8,10,12H,3-7H2,1-2H3,(H,11,13). The molecule has 0 fully saturated rings. The zero-order chi connectivity index (χ0) is 10.1. The maximum atomic E-state index is 11.0. The summed E-state index contributed by atoms with van der Waals surface area (Å²) in [5, 5.41) is 14.6. The Morgan fingerprint density at radius 1 is 1.46 bits per heavy atom. The van der Waals surface area contributed by atoms with E-state index in [0.717, 1.165) is 12.8 Å². The first-order valence-corrected chi connectivity index (χ1v) is 4.76. The second-order valence-corrected chi connectivity index (χ2v) is 3.19. The summed E-state index contributed by atoms with van der Waals surface area (Å²) in [6.07, 6.45) is 1.83.